The van der Waals surface area contributed by atoms with Gasteiger partial charge in [0.25, 0.3) is 0 Å². The van der Waals surface area contributed by atoms with Crippen LogP contribution in [0.3, 0.4) is 0 Å². The quantitative estimate of drug-likeness (QED) is 0.538. The second-order valence-electron chi connectivity index (χ2n) is 5.01. The smallest absolute Gasteiger partial charge is 0.160 e. The molecule has 2 aliphatic rings. The molecule has 1 fully saturated rings. The van der Waals surface area contributed by atoms with Gasteiger partial charge in [-0.15, -0.1) is 23.2 Å². The van der Waals surface area contributed by atoms with Crippen LogP contribution in [-0.2, 0) is 4.79 Å². The average Bonchev–Trinajstić information content (AvgIpc) is 2.56. The van der Waals surface area contributed by atoms with E-state index in [2.05, 4.69) is 0 Å². The number of rotatable bonds is 2. The van der Waals surface area contributed by atoms with E-state index in [1.807, 2.05) is 13.8 Å². The molecule has 0 radical (unpaired) electrons. The topological polar surface area (TPSA) is 17.1 Å². The molecular formula is C12H12Cl4O. The molecule has 0 N–H and O–H groups in total. The predicted octanol–water partition coefficient (Wildman–Crippen LogP) is 4.59. The molecule has 0 heterocycles. The highest BCUT2D eigenvalue weighted by molar-refractivity contribution is 6.51. The standard InChI is InChI=1S/C12H12Cl4O/c1-6(2)3-8(17)7-4-11(15)5-12(7,16)10(14)9(11)13/h3,7H,4-5H2,1-2H3. The third kappa shape index (κ3) is 1.96. The van der Waals surface area contributed by atoms with Gasteiger partial charge < -0.3 is 0 Å². The number of ketones is 1. The molecule has 5 heteroatoms. The van der Waals surface area contributed by atoms with E-state index in [-0.39, 0.29) is 11.7 Å². The second-order valence-corrected chi connectivity index (χ2v) is 7.17. The van der Waals surface area contributed by atoms with E-state index in [1.54, 1.807) is 6.08 Å². The number of hydrogen-bond acceptors (Lipinski definition) is 1. The van der Waals surface area contributed by atoms with Gasteiger partial charge in [0, 0.05) is 5.92 Å². The summed E-state index contributed by atoms with van der Waals surface area (Å²) in [6.45, 7) is 3.74. The monoisotopic (exact) mass is 312 g/mol. The number of alkyl halides is 2. The van der Waals surface area contributed by atoms with Crippen LogP contribution < -0.4 is 0 Å². The Kier molecular flexibility index (Phi) is 3.36. The largest absolute Gasteiger partial charge is 0.294 e. The van der Waals surface area contributed by atoms with Gasteiger partial charge in [-0.2, -0.15) is 0 Å². The Bertz CT molecular complexity index is 449. The zero-order valence-corrected chi connectivity index (χ0v) is 12.5. The zero-order valence-electron chi connectivity index (χ0n) is 9.49. The highest BCUT2D eigenvalue weighted by Gasteiger charge is 2.64. The molecular weight excluding hydrogens is 302 g/mol. The number of allylic oxidation sites excluding steroid dienone is 4. The molecule has 0 saturated heterocycles. The van der Waals surface area contributed by atoms with Gasteiger partial charge in [-0.25, -0.2) is 0 Å². The summed E-state index contributed by atoms with van der Waals surface area (Å²) in [5, 5.41) is 0.736. The van der Waals surface area contributed by atoms with Crippen molar-refractivity contribution >= 4 is 52.2 Å². The van der Waals surface area contributed by atoms with Crippen molar-refractivity contribution in [1.82, 2.24) is 0 Å². The fraction of sp³-hybridized carbons (Fsp3) is 0.583. The van der Waals surface area contributed by atoms with Crippen LogP contribution >= 0.6 is 46.4 Å². The Balaban J connectivity index is 2.39. The van der Waals surface area contributed by atoms with Crippen LogP contribution in [-0.4, -0.2) is 15.5 Å². The summed E-state index contributed by atoms with van der Waals surface area (Å²) in [5.74, 6) is -0.406. The van der Waals surface area contributed by atoms with Crippen molar-refractivity contribution in [2.24, 2.45) is 5.92 Å². The average molecular weight is 314 g/mol. The SMILES string of the molecule is CC(C)=CC(=O)C1CC2(Cl)CC1(Cl)C(Cl)=C2Cl. The minimum absolute atomic E-state index is 0.0233. The molecule has 0 aromatic carbocycles. The third-order valence-electron chi connectivity index (χ3n) is 3.34. The normalized spacial score (nSPS) is 39.8. The van der Waals surface area contributed by atoms with Crippen LogP contribution in [0.1, 0.15) is 26.7 Å². The molecule has 0 amide bonds. The number of fused-ring (bicyclic) bond motifs is 2. The van der Waals surface area contributed by atoms with Gasteiger partial charge in [0.2, 0.25) is 0 Å². The highest BCUT2D eigenvalue weighted by Crippen LogP contribution is 2.65. The van der Waals surface area contributed by atoms with Gasteiger partial charge in [0.05, 0.1) is 19.8 Å². The van der Waals surface area contributed by atoms with Gasteiger partial charge in [0.15, 0.2) is 5.78 Å². The molecule has 0 aromatic rings. The van der Waals surface area contributed by atoms with E-state index in [4.69, 9.17) is 46.4 Å². The van der Waals surface area contributed by atoms with Crippen LogP contribution in [0.4, 0.5) is 0 Å². The van der Waals surface area contributed by atoms with Crippen LogP contribution in [0.25, 0.3) is 0 Å². The first-order valence-electron chi connectivity index (χ1n) is 5.33. The predicted molar refractivity (Wildman–Crippen MR) is 73.1 cm³/mol. The summed E-state index contributed by atoms with van der Waals surface area (Å²) in [6, 6.07) is 0. The van der Waals surface area contributed by atoms with E-state index in [1.165, 1.54) is 0 Å². The molecule has 1 nitrogen and oxygen atoms in total. The Labute approximate surface area is 121 Å². The van der Waals surface area contributed by atoms with Crippen molar-refractivity contribution in [2.75, 3.05) is 0 Å². The fourth-order valence-corrected chi connectivity index (χ4v) is 4.40. The van der Waals surface area contributed by atoms with Gasteiger partial charge in [-0.1, -0.05) is 28.8 Å². The fourth-order valence-electron chi connectivity index (χ4n) is 2.58. The van der Waals surface area contributed by atoms with Gasteiger partial charge in [-0.3, -0.25) is 4.79 Å². The molecule has 94 valence electrons. The van der Waals surface area contributed by atoms with E-state index < -0.39 is 9.75 Å². The molecule has 2 rings (SSSR count). The number of halogens is 4. The first kappa shape index (κ1) is 13.7. The van der Waals surface area contributed by atoms with Crippen LogP contribution in [0, 0.1) is 5.92 Å². The molecule has 0 aliphatic heterocycles. The lowest BCUT2D eigenvalue weighted by Gasteiger charge is -2.28. The van der Waals surface area contributed by atoms with Crippen molar-refractivity contribution in [3.8, 4) is 0 Å². The number of carbonyl (C=O) groups excluding carboxylic acids is 1. The van der Waals surface area contributed by atoms with Crippen molar-refractivity contribution in [3.63, 3.8) is 0 Å². The lowest BCUT2D eigenvalue weighted by Crippen LogP contribution is -2.33. The molecule has 0 spiro atoms. The maximum atomic E-state index is 12.1. The Hall–Kier alpha value is 0.310. The van der Waals surface area contributed by atoms with Gasteiger partial charge >= 0.3 is 0 Å². The Morgan fingerprint density at radius 1 is 1.29 bits per heavy atom. The van der Waals surface area contributed by atoms with Crippen LogP contribution in [0.2, 0.25) is 0 Å². The first-order valence-corrected chi connectivity index (χ1v) is 6.85. The molecule has 0 aromatic heterocycles. The third-order valence-corrected chi connectivity index (χ3v) is 5.77. The van der Waals surface area contributed by atoms with Crippen molar-refractivity contribution < 1.29 is 4.79 Å². The lowest BCUT2D eigenvalue weighted by atomic mass is 9.87. The molecule has 3 atom stereocenters. The maximum absolute atomic E-state index is 12.1. The van der Waals surface area contributed by atoms with E-state index >= 15 is 0 Å². The molecule has 2 bridgehead atoms. The minimum Gasteiger partial charge on any atom is -0.294 e. The van der Waals surface area contributed by atoms with Crippen molar-refractivity contribution in [1.29, 1.82) is 0 Å². The zero-order chi connectivity index (χ0) is 13.0. The van der Waals surface area contributed by atoms with E-state index in [9.17, 15) is 4.79 Å². The summed E-state index contributed by atoms with van der Waals surface area (Å²) in [4.78, 5) is 10.4. The Morgan fingerprint density at radius 2 is 1.88 bits per heavy atom. The van der Waals surface area contributed by atoms with Crippen molar-refractivity contribution in [2.45, 2.75) is 36.4 Å². The highest BCUT2D eigenvalue weighted by atomic mass is 35.5. The van der Waals surface area contributed by atoms with Crippen molar-refractivity contribution in [3.05, 3.63) is 21.7 Å². The lowest BCUT2D eigenvalue weighted by molar-refractivity contribution is -0.118. The number of hydrogen-bond donors (Lipinski definition) is 0. The van der Waals surface area contributed by atoms with Crippen LogP contribution in [0.15, 0.2) is 21.7 Å². The van der Waals surface area contributed by atoms with Crippen LogP contribution in [0.5, 0.6) is 0 Å². The summed E-state index contributed by atoms with van der Waals surface area (Å²) in [5.41, 5.74) is 0.938. The molecule has 17 heavy (non-hydrogen) atoms. The summed E-state index contributed by atoms with van der Waals surface area (Å²) < 4.78 is 0. The molecule has 3 unspecified atom stereocenters. The number of carbonyl (C=O) groups is 1. The Morgan fingerprint density at radius 3 is 2.29 bits per heavy atom. The first-order chi connectivity index (χ1) is 7.70. The summed E-state index contributed by atoms with van der Waals surface area (Å²) in [7, 11) is 0. The molecule has 1 saturated carbocycles. The molecule has 2 aliphatic carbocycles. The second kappa shape index (κ2) is 4.16. The summed E-state index contributed by atoms with van der Waals surface area (Å²) in [6.07, 6.45) is 2.47. The maximum Gasteiger partial charge on any atom is 0.160 e. The van der Waals surface area contributed by atoms with Gasteiger partial charge in [0.1, 0.15) is 0 Å². The van der Waals surface area contributed by atoms with E-state index in [0.717, 1.165) is 5.57 Å². The van der Waals surface area contributed by atoms with Gasteiger partial charge in [-0.05, 0) is 32.8 Å². The minimum atomic E-state index is -0.913. The summed E-state index contributed by atoms with van der Waals surface area (Å²) >= 11 is 25.0. The van der Waals surface area contributed by atoms with E-state index in [0.29, 0.717) is 22.9 Å².